The van der Waals surface area contributed by atoms with E-state index in [2.05, 4.69) is 0 Å². The van der Waals surface area contributed by atoms with Gasteiger partial charge in [-0.3, -0.25) is 28.8 Å². The highest BCUT2D eigenvalue weighted by atomic mass is 19.3. The van der Waals surface area contributed by atoms with Gasteiger partial charge < -0.3 is 33.9 Å². The maximum atomic E-state index is 16.3. The van der Waals surface area contributed by atoms with E-state index in [4.69, 9.17) is 18.9 Å². The Hall–Kier alpha value is -6.85. The molecule has 406 valence electrons. The Bertz CT molecular complexity index is 2290. The maximum Gasteiger partial charge on any atom is 0.335 e. The number of alkyl halides is 4. The average Bonchev–Trinajstić information content (AvgIpc) is 3.92. The SMILES string of the molecule is CCOC(=O)CCCCCCN1C(=O)CC[C@@H]1/C=C/C(OC(=O)Cc1cc(CC(=O)OC(/C=C/[C@H]2CCC(=O)N2CCCCCCC(=O)OCC)C(F)(F)c2ccccc2)cc(C(=O)O)c1)C(F)(F)c1ccccc1. The van der Waals surface area contributed by atoms with Gasteiger partial charge in [0.15, 0.2) is 12.2 Å². The Morgan fingerprint density at radius 3 is 1.35 bits per heavy atom. The summed E-state index contributed by atoms with van der Waals surface area (Å²) >= 11 is 0. The van der Waals surface area contributed by atoms with Gasteiger partial charge in [0.2, 0.25) is 11.8 Å². The molecular weight excluding hydrogens is 981 g/mol. The largest absolute Gasteiger partial charge is 0.478 e. The van der Waals surface area contributed by atoms with Crippen molar-refractivity contribution in [3.8, 4) is 0 Å². The second-order valence-electron chi connectivity index (χ2n) is 18.6. The number of unbranched alkanes of at least 4 members (excludes halogenated alkanes) is 6. The lowest BCUT2D eigenvalue weighted by molar-refractivity contribution is -0.167. The quantitative estimate of drug-likeness (QED) is 0.0212. The first-order valence-electron chi connectivity index (χ1n) is 25.8. The number of benzene rings is 3. The molecule has 75 heavy (non-hydrogen) atoms. The Kier molecular flexibility index (Phi) is 23.1. The van der Waals surface area contributed by atoms with Crippen LogP contribution in [0.1, 0.15) is 136 Å². The molecule has 2 fully saturated rings. The zero-order chi connectivity index (χ0) is 54.4. The van der Waals surface area contributed by atoms with E-state index in [1.54, 1.807) is 35.8 Å². The molecule has 2 amide bonds. The summed E-state index contributed by atoms with van der Waals surface area (Å²) < 4.78 is 86.1. The van der Waals surface area contributed by atoms with Crippen LogP contribution in [0, 0.1) is 0 Å². The molecule has 2 saturated heterocycles. The molecule has 2 unspecified atom stereocenters. The van der Waals surface area contributed by atoms with E-state index < -0.39 is 83.6 Å². The molecule has 0 aromatic heterocycles. The zero-order valence-corrected chi connectivity index (χ0v) is 42.6. The summed E-state index contributed by atoms with van der Waals surface area (Å²) in [6.07, 6.45) is 6.09. The summed E-state index contributed by atoms with van der Waals surface area (Å²) in [4.78, 5) is 91.8. The number of hydrogen-bond acceptors (Lipinski definition) is 11. The number of carboxylic acids is 1. The fourth-order valence-electron chi connectivity index (χ4n) is 9.14. The average molecular weight is 1050 g/mol. The van der Waals surface area contributed by atoms with Crippen molar-refractivity contribution in [3.05, 3.63) is 131 Å². The number of likely N-dealkylation sites (tertiary alicyclic amines) is 2. The van der Waals surface area contributed by atoms with Gasteiger partial charge in [-0.15, -0.1) is 0 Å². The van der Waals surface area contributed by atoms with E-state index in [1.165, 1.54) is 66.7 Å². The van der Waals surface area contributed by atoms with Crippen molar-refractivity contribution in [2.45, 2.75) is 153 Å². The molecule has 5 rings (SSSR count). The minimum absolute atomic E-state index is 0.0423. The van der Waals surface area contributed by atoms with E-state index in [9.17, 15) is 38.7 Å². The van der Waals surface area contributed by atoms with E-state index in [0.29, 0.717) is 77.7 Å². The molecule has 2 aliphatic rings. The minimum Gasteiger partial charge on any atom is -0.478 e. The Balaban J connectivity index is 1.29. The highest BCUT2D eigenvalue weighted by molar-refractivity contribution is 5.89. The van der Waals surface area contributed by atoms with Crippen LogP contribution in [0.15, 0.2) is 103 Å². The summed E-state index contributed by atoms with van der Waals surface area (Å²) in [6.45, 7) is 4.76. The minimum atomic E-state index is -3.77. The van der Waals surface area contributed by atoms with Crippen molar-refractivity contribution >= 4 is 41.7 Å². The lowest BCUT2D eigenvalue weighted by Gasteiger charge is -2.27. The number of rotatable bonds is 31. The van der Waals surface area contributed by atoms with Crippen LogP contribution in [-0.2, 0) is 72.4 Å². The van der Waals surface area contributed by atoms with Crippen molar-refractivity contribution in [3.63, 3.8) is 0 Å². The molecule has 4 atom stereocenters. The first-order chi connectivity index (χ1) is 35.9. The molecule has 0 bridgehead atoms. The third-order valence-electron chi connectivity index (χ3n) is 13.0. The first-order valence-corrected chi connectivity index (χ1v) is 25.8. The molecule has 2 aliphatic heterocycles. The highest BCUT2D eigenvalue weighted by Crippen LogP contribution is 2.37. The van der Waals surface area contributed by atoms with Gasteiger partial charge in [0, 0.05) is 49.9 Å². The molecule has 2 heterocycles. The fourth-order valence-corrected chi connectivity index (χ4v) is 9.14. The van der Waals surface area contributed by atoms with Crippen LogP contribution in [-0.4, -0.2) is 107 Å². The third kappa shape index (κ3) is 18.2. The van der Waals surface area contributed by atoms with Crippen LogP contribution in [0.25, 0.3) is 0 Å². The smallest absolute Gasteiger partial charge is 0.335 e. The number of carbonyl (C=O) groups is 7. The topological polar surface area (TPSA) is 183 Å². The molecule has 0 radical (unpaired) electrons. The summed E-state index contributed by atoms with van der Waals surface area (Å²) in [5.41, 5.74) is -1.40. The van der Waals surface area contributed by atoms with Crippen molar-refractivity contribution in [1.29, 1.82) is 0 Å². The van der Waals surface area contributed by atoms with E-state index in [1.807, 2.05) is 0 Å². The van der Waals surface area contributed by atoms with E-state index >= 15 is 17.6 Å². The third-order valence-corrected chi connectivity index (χ3v) is 13.0. The van der Waals surface area contributed by atoms with Crippen LogP contribution < -0.4 is 0 Å². The molecule has 3 aromatic carbocycles. The van der Waals surface area contributed by atoms with Gasteiger partial charge >= 0.3 is 41.7 Å². The van der Waals surface area contributed by atoms with Gasteiger partial charge in [0.05, 0.1) is 43.7 Å². The number of carbonyl (C=O) groups excluding carboxylic acids is 6. The molecule has 0 saturated carbocycles. The number of halogens is 4. The number of ether oxygens (including phenoxy) is 4. The van der Waals surface area contributed by atoms with Gasteiger partial charge in [-0.25, -0.2) is 4.79 Å². The standard InChI is InChI=1S/C57H68F4N2O12/c1-3-72-51(66)23-15-5-7-17-33-62-45(27-31-49(62)64)25-29-47(56(58,59)43-19-11-9-12-20-43)74-53(68)38-40-35-41(37-42(36-40)55(70)71)39-54(69)75-48(57(60,61)44-21-13-10-14-22-44)30-26-46-28-32-50(65)63(46)34-18-8-6-16-24-52(67)73-4-2/h9-14,19-22,25-26,29-30,35-37,45-48H,3-8,15-18,23-24,27-28,31-34,38-39H2,1-2H3,(H,70,71)/b29-25+,30-26+/t45-,46-,47?,48?/m0/s1. The molecule has 0 aliphatic carbocycles. The summed E-state index contributed by atoms with van der Waals surface area (Å²) in [5.74, 6) is -12.3. The maximum absolute atomic E-state index is 16.3. The summed E-state index contributed by atoms with van der Waals surface area (Å²) in [5, 5.41) is 10.0. The molecule has 14 nitrogen and oxygen atoms in total. The van der Waals surface area contributed by atoms with Gasteiger partial charge in [-0.2, -0.15) is 17.6 Å². The highest BCUT2D eigenvalue weighted by Gasteiger charge is 2.45. The van der Waals surface area contributed by atoms with E-state index in [0.717, 1.165) is 37.1 Å². The Morgan fingerprint density at radius 1 is 0.587 bits per heavy atom. The number of amides is 2. The number of carboxylic acid groups (broad SMARTS) is 1. The van der Waals surface area contributed by atoms with Crippen molar-refractivity contribution in [1.82, 2.24) is 9.80 Å². The number of esters is 4. The number of hydrogen-bond donors (Lipinski definition) is 1. The number of nitrogens with zero attached hydrogens (tertiary/aromatic N) is 2. The second kappa shape index (κ2) is 29.3. The van der Waals surface area contributed by atoms with Crippen LogP contribution in [0.4, 0.5) is 17.6 Å². The van der Waals surface area contributed by atoms with Gasteiger partial charge in [-0.05, 0) is 87.8 Å². The molecule has 3 aromatic rings. The predicted molar refractivity (Wildman–Crippen MR) is 268 cm³/mol. The summed E-state index contributed by atoms with van der Waals surface area (Å²) in [6, 6.07) is 15.7. The molecule has 0 spiro atoms. The van der Waals surface area contributed by atoms with Gasteiger partial charge in [0.25, 0.3) is 0 Å². The van der Waals surface area contributed by atoms with E-state index in [-0.39, 0.29) is 60.6 Å². The lowest BCUT2D eigenvalue weighted by Crippen LogP contribution is -2.36. The normalized spacial score (nSPS) is 16.9. The van der Waals surface area contributed by atoms with Gasteiger partial charge in [0.1, 0.15) is 0 Å². The fraction of sp³-hybridized carbons (Fsp3) is 0.491. The first kappa shape index (κ1) is 59.0. The van der Waals surface area contributed by atoms with Crippen LogP contribution >= 0.6 is 0 Å². The van der Waals surface area contributed by atoms with Crippen LogP contribution in [0.2, 0.25) is 0 Å². The van der Waals surface area contributed by atoms with Crippen molar-refractivity contribution in [2.75, 3.05) is 26.3 Å². The van der Waals surface area contributed by atoms with Gasteiger partial charge in [-0.1, -0.05) is 105 Å². The monoisotopic (exact) mass is 1050 g/mol. The zero-order valence-electron chi connectivity index (χ0n) is 42.6. The van der Waals surface area contributed by atoms with Crippen molar-refractivity contribution < 1.29 is 75.2 Å². The Labute approximate surface area is 435 Å². The molecule has 18 heteroatoms. The molecular formula is C57H68F4N2O12. The summed E-state index contributed by atoms with van der Waals surface area (Å²) in [7, 11) is 0. The lowest BCUT2D eigenvalue weighted by atomic mass is 10.00. The van der Waals surface area contributed by atoms with Crippen LogP contribution in [0.3, 0.4) is 0 Å². The van der Waals surface area contributed by atoms with Crippen molar-refractivity contribution in [2.24, 2.45) is 0 Å². The number of aromatic carboxylic acids is 1. The van der Waals surface area contributed by atoms with Crippen LogP contribution in [0.5, 0.6) is 0 Å². The Morgan fingerprint density at radius 2 is 0.973 bits per heavy atom. The second-order valence-corrected chi connectivity index (χ2v) is 18.6. The predicted octanol–water partition coefficient (Wildman–Crippen LogP) is 10.00. The molecule has 1 N–H and O–H groups in total.